The van der Waals surface area contributed by atoms with Crippen molar-refractivity contribution in [2.45, 2.75) is 32.9 Å². The van der Waals surface area contributed by atoms with E-state index < -0.39 is 0 Å². The number of thiocarbonyl (C=S) groups is 1. The summed E-state index contributed by atoms with van der Waals surface area (Å²) in [5, 5.41) is 4.23. The van der Waals surface area contributed by atoms with E-state index in [1.165, 1.54) is 5.56 Å². The number of benzene rings is 2. The van der Waals surface area contributed by atoms with Gasteiger partial charge in [0.05, 0.1) is 17.8 Å². The van der Waals surface area contributed by atoms with E-state index in [2.05, 4.69) is 65.9 Å². The van der Waals surface area contributed by atoms with Gasteiger partial charge in [0.15, 0.2) is 5.11 Å². The summed E-state index contributed by atoms with van der Waals surface area (Å²) in [6, 6.07) is 29.9. The summed E-state index contributed by atoms with van der Waals surface area (Å²) in [5.41, 5.74) is 6.46. The average molecular weight is 532 g/mol. The van der Waals surface area contributed by atoms with E-state index in [0.717, 1.165) is 45.6 Å². The molecule has 0 bridgehead atoms. The summed E-state index contributed by atoms with van der Waals surface area (Å²) < 4.78 is 8.27. The molecule has 0 saturated carbocycles. The average Bonchev–Trinajstić information content (AvgIpc) is 3.45. The van der Waals surface area contributed by atoms with Gasteiger partial charge in [0.2, 0.25) is 0 Å². The van der Waals surface area contributed by atoms with Gasteiger partial charge in [-0.2, -0.15) is 0 Å². The van der Waals surface area contributed by atoms with E-state index in [-0.39, 0.29) is 12.1 Å². The predicted molar refractivity (Wildman–Crippen MR) is 159 cm³/mol. The van der Waals surface area contributed by atoms with E-state index in [1.54, 1.807) is 0 Å². The Hall–Kier alpha value is -4.49. The Labute approximate surface area is 233 Å². The lowest BCUT2D eigenvalue weighted by molar-refractivity contribution is 0.482. The minimum Gasteiger partial charge on any atom is -0.457 e. The molecular formula is C32H29N5OS. The maximum atomic E-state index is 6.04. The van der Waals surface area contributed by atoms with Crippen LogP contribution in [0.3, 0.4) is 0 Å². The van der Waals surface area contributed by atoms with Crippen LogP contribution in [0, 0.1) is 20.8 Å². The van der Waals surface area contributed by atoms with Crippen molar-refractivity contribution in [2.75, 3.05) is 4.90 Å². The van der Waals surface area contributed by atoms with Gasteiger partial charge in [0.1, 0.15) is 17.3 Å². The van der Waals surface area contributed by atoms with Crippen molar-refractivity contribution >= 4 is 23.0 Å². The third kappa shape index (κ3) is 4.66. The van der Waals surface area contributed by atoms with Crippen LogP contribution in [-0.4, -0.2) is 19.6 Å². The standard InChI is InChI=1S/C32H29N5OS/c1-21-10-9-19-34-31(21)36-22(2)20-27(23(36)3)30-29(28-13-7-8-18-33-28)35-32(39)37(30)24-14-16-26(17-15-24)38-25-11-5-4-6-12-25/h4-20,29-30H,1-3H3,(H,35,39). The van der Waals surface area contributed by atoms with Crippen molar-refractivity contribution in [3.05, 3.63) is 132 Å². The second-order valence-corrected chi connectivity index (χ2v) is 10.1. The summed E-state index contributed by atoms with van der Waals surface area (Å²) in [4.78, 5) is 11.6. The molecule has 4 heterocycles. The molecule has 6 nitrogen and oxygen atoms in total. The molecule has 0 radical (unpaired) electrons. The topological polar surface area (TPSA) is 55.2 Å². The van der Waals surface area contributed by atoms with E-state index in [4.69, 9.17) is 26.9 Å². The summed E-state index contributed by atoms with van der Waals surface area (Å²) in [7, 11) is 0. The van der Waals surface area contributed by atoms with Crippen LogP contribution in [0.4, 0.5) is 5.69 Å². The predicted octanol–water partition coefficient (Wildman–Crippen LogP) is 7.16. The van der Waals surface area contributed by atoms with Crippen molar-refractivity contribution in [1.29, 1.82) is 0 Å². The van der Waals surface area contributed by atoms with Gasteiger partial charge in [0.25, 0.3) is 0 Å². The van der Waals surface area contributed by atoms with Gasteiger partial charge < -0.3 is 19.5 Å². The molecule has 6 rings (SSSR count). The molecule has 2 atom stereocenters. The molecule has 7 heteroatoms. The van der Waals surface area contributed by atoms with Crippen molar-refractivity contribution in [1.82, 2.24) is 19.9 Å². The van der Waals surface area contributed by atoms with Crippen molar-refractivity contribution in [3.8, 4) is 17.3 Å². The quantitative estimate of drug-likeness (QED) is 0.235. The van der Waals surface area contributed by atoms with Crippen molar-refractivity contribution in [3.63, 3.8) is 0 Å². The number of ether oxygens (including phenoxy) is 1. The number of aromatic nitrogens is 3. The second-order valence-electron chi connectivity index (χ2n) is 9.71. The normalized spacial score (nSPS) is 16.8. The smallest absolute Gasteiger partial charge is 0.174 e. The van der Waals surface area contributed by atoms with Gasteiger partial charge in [-0.3, -0.25) is 4.98 Å². The number of rotatable bonds is 6. The first-order valence-electron chi connectivity index (χ1n) is 13.0. The first-order chi connectivity index (χ1) is 19.0. The number of aryl methyl sites for hydroxylation is 2. The van der Waals surface area contributed by atoms with Gasteiger partial charge in [0, 0.05) is 29.5 Å². The zero-order valence-electron chi connectivity index (χ0n) is 22.1. The van der Waals surface area contributed by atoms with Crippen LogP contribution < -0.4 is 15.0 Å². The van der Waals surface area contributed by atoms with E-state index in [9.17, 15) is 0 Å². The summed E-state index contributed by atoms with van der Waals surface area (Å²) >= 11 is 5.95. The minimum absolute atomic E-state index is 0.114. The highest BCUT2D eigenvalue weighted by atomic mass is 32.1. The lowest BCUT2D eigenvalue weighted by Crippen LogP contribution is -2.29. The Bertz CT molecular complexity index is 1620. The number of hydrogen-bond donors (Lipinski definition) is 1. The third-order valence-electron chi connectivity index (χ3n) is 7.17. The molecule has 2 aromatic carbocycles. The molecule has 1 N–H and O–H groups in total. The van der Waals surface area contributed by atoms with Crippen molar-refractivity contribution in [2.24, 2.45) is 0 Å². The second kappa shape index (κ2) is 10.3. The van der Waals surface area contributed by atoms with Crippen LogP contribution in [0.25, 0.3) is 5.82 Å². The largest absolute Gasteiger partial charge is 0.457 e. The first-order valence-corrected chi connectivity index (χ1v) is 13.4. The van der Waals surface area contributed by atoms with Gasteiger partial charge in [-0.05, 0) is 105 Å². The molecule has 5 aromatic rings. The Balaban J connectivity index is 1.43. The summed E-state index contributed by atoms with van der Waals surface area (Å²) in [6.45, 7) is 6.37. The number of nitrogens with one attached hydrogen (secondary N) is 1. The van der Waals surface area contributed by atoms with Crippen LogP contribution in [0.2, 0.25) is 0 Å². The molecule has 0 aliphatic carbocycles. The Morgan fingerprint density at radius 1 is 0.795 bits per heavy atom. The lowest BCUT2D eigenvalue weighted by atomic mass is 9.96. The van der Waals surface area contributed by atoms with Crippen molar-refractivity contribution < 1.29 is 4.74 Å². The fraction of sp³-hybridized carbons (Fsp3) is 0.156. The molecule has 194 valence electrons. The summed E-state index contributed by atoms with van der Waals surface area (Å²) in [6.07, 6.45) is 3.67. The van der Waals surface area contributed by atoms with Crippen LogP contribution in [0.5, 0.6) is 11.5 Å². The van der Waals surface area contributed by atoms with E-state index in [0.29, 0.717) is 5.11 Å². The van der Waals surface area contributed by atoms with Gasteiger partial charge in [-0.1, -0.05) is 30.3 Å². The molecule has 2 unspecified atom stereocenters. The Morgan fingerprint density at radius 2 is 1.51 bits per heavy atom. The molecule has 0 amide bonds. The van der Waals surface area contributed by atoms with Crippen LogP contribution in [-0.2, 0) is 0 Å². The number of nitrogens with zero attached hydrogens (tertiary/aromatic N) is 4. The maximum Gasteiger partial charge on any atom is 0.174 e. The molecular weight excluding hydrogens is 502 g/mol. The number of anilines is 1. The van der Waals surface area contributed by atoms with Crippen LogP contribution in [0.15, 0.2) is 103 Å². The highest BCUT2D eigenvalue weighted by molar-refractivity contribution is 7.80. The fourth-order valence-electron chi connectivity index (χ4n) is 5.37. The highest BCUT2D eigenvalue weighted by Gasteiger charge is 2.42. The van der Waals surface area contributed by atoms with Crippen LogP contribution in [0.1, 0.15) is 40.3 Å². The molecule has 1 fully saturated rings. The Kier molecular flexibility index (Phi) is 6.59. The van der Waals surface area contributed by atoms with E-state index >= 15 is 0 Å². The zero-order chi connectivity index (χ0) is 26.9. The summed E-state index contributed by atoms with van der Waals surface area (Å²) in [5.74, 6) is 2.51. The minimum atomic E-state index is -0.127. The SMILES string of the molecule is Cc1cccnc1-n1c(C)cc(C2C(c3ccccn3)NC(=S)N2c2ccc(Oc3ccccc3)cc2)c1C. The molecule has 1 aliphatic heterocycles. The third-order valence-corrected chi connectivity index (χ3v) is 7.49. The molecule has 39 heavy (non-hydrogen) atoms. The molecule has 0 spiro atoms. The van der Waals surface area contributed by atoms with Crippen LogP contribution >= 0.6 is 12.2 Å². The van der Waals surface area contributed by atoms with Gasteiger partial charge in [-0.25, -0.2) is 4.98 Å². The number of hydrogen-bond acceptors (Lipinski definition) is 4. The monoisotopic (exact) mass is 531 g/mol. The fourth-order valence-corrected chi connectivity index (χ4v) is 5.72. The van der Waals surface area contributed by atoms with Gasteiger partial charge >= 0.3 is 0 Å². The number of para-hydroxylation sites is 1. The first kappa shape index (κ1) is 24.8. The maximum absolute atomic E-state index is 6.04. The van der Waals surface area contributed by atoms with E-state index in [1.807, 2.05) is 73.1 Å². The molecule has 1 aliphatic rings. The number of pyridine rings is 2. The Morgan fingerprint density at radius 3 is 2.23 bits per heavy atom. The highest BCUT2D eigenvalue weighted by Crippen LogP contribution is 2.44. The zero-order valence-corrected chi connectivity index (χ0v) is 22.9. The molecule has 3 aromatic heterocycles. The molecule has 1 saturated heterocycles. The lowest BCUT2D eigenvalue weighted by Gasteiger charge is -2.28. The van der Waals surface area contributed by atoms with Gasteiger partial charge in [-0.15, -0.1) is 0 Å².